The van der Waals surface area contributed by atoms with Gasteiger partial charge in [0.05, 0.1) is 0 Å². The highest BCUT2D eigenvalue weighted by Crippen LogP contribution is 2.56. The second-order valence-corrected chi connectivity index (χ2v) is 33.1. The predicted molar refractivity (Wildman–Crippen MR) is 490 cm³/mol. The molecule has 22 aromatic rings. The molecule has 6 nitrogen and oxygen atoms in total. The van der Waals surface area contributed by atoms with Crippen molar-refractivity contribution in [1.82, 2.24) is 0 Å². The van der Waals surface area contributed by atoms with Crippen LogP contribution in [0.4, 0.5) is 34.1 Å². The summed E-state index contributed by atoms with van der Waals surface area (Å²) in [6.07, 6.45) is 0. The van der Waals surface area contributed by atoms with Crippen molar-refractivity contribution in [3.63, 3.8) is 0 Å². The first-order valence-corrected chi connectivity index (χ1v) is 40.7. The molecule has 0 bridgehead atoms. The van der Waals surface area contributed by atoms with Gasteiger partial charge in [-0.05, 0) is 291 Å². The molecule has 2 aliphatic rings. The number of nitrogens with zero attached hydrogens (tertiary/aromatic N) is 2. The Kier molecular flexibility index (Phi) is 14.7. The van der Waals surface area contributed by atoms with E-state index < -0.39 is 0 Å². The Morgan fingerprint density at radius 1 is 0.203 bits per heavy atom. The first-order chi connectivity index (χ1) is 57.9. The first-order valence-electron chi connectivity index (χ1n) is 40.7. The molecule has 0 saturated carbocycles. The predicted octanol–water partition coefficient (Wildman–Crippen LogP) is 32.0. The molecule has 0 unspecified atom stereocenters. The molecular formula is C112H74N2O4. The Hall–Kier alpha value is -15.0. The first kappa shape index (κ1) is 67.5. The molecule has 0 spiro atoms. The van der Waals surface area contributed by atoms with Gasteiger partial charge in [-0.1, -0.05) is 222 Å². The minimum Gasteiger partial charge on any atom is -0.456 e. The topological polar surface area (TPSA) is 59.0 Å². The molecule has 0 N–H and O–H groups in total. The zero-order valence-electron chi connectivity index (χ0n) is 65.3. The molecule has 556 valence electrons. The summed E-state index contributed by atoms with van der Waals surface area (Å²) in [5.41, 5.74) is 27.8. The lowest BCUT2D eigenvalue weighted by Gasteiger charge is -2.28. The van der Waals surface area contributed by atoms with E-state index in [4.69, 9.17) is 17.7 Å². The number of hydrogen-bond acceptors (Lipinski definition) is 6. The van der Waals surface area contributed by atoms with Crippen LogP contribution in [0, 0.1) is 0 Å². The van der Waals surface area contributed by atoms with Crippen molar-refractivity contribution in [2.45, 2.75) is 38.5 Å². The maximum Gasteiger partial charge on any atom is 0.143 e. The van der Waals surface area contributed by atoms with Gasteiger partial charge in [-0.15, -0.1) is 0 Å². The van der Waals surface area contributed by atoms with Crippen molar-refractivity contribution < 1.29 is 17.7 Å². The Labute approximate surface area is 681 Å². The van der Waals surface area contributed by atoms with Crippen molar-refractivity contribution in [2.24, 2.45) is 0 Å². The van der Waals surface area contributed by atoms with Crippen molar-refractivity contribution in [3.05, 3.63) is 398 Å². The van der Waals surface area contributed by atoms with Gasteiger partial charge in [0.2, 0.25) is 0 Å². The Balaban J connectivity index is 0.621. The third kappa shape index (κ3) is 10.6. The van der Waals surface area contributed by atoms with Crippen molar-refractivity contribution >= 4 is 132 Å². The van der Waals surface area contributed by atoms with Crippen LogP contribution in [0.3, 0.4) is 0 Å². The van der Waals surface area contributed by atoms with Crippen LogP contribution in [-0.4, -0.2) is 0 Å². The zero-order chi connectivity index (χ0) is 78.2. The third-order valence-electron chi connectivity index (χ3n) is 25.6. The van der Waals surface area contributed by atoms with Crippen LogP contribution in [0.25, 0.3) is 188 Å². The summed E-state index contributed by atoms with van der Waals surface area (Å²) >= 11 is 0. The summed E-state index contributed by atoms with van der Waals surface area (Å²) < 4.78 is 27.4. The second-order valence-electron chi connectivity index (χ2n) is 33.1. The van der Waals surface area contributed by atoms with Gasteiger partial charge in [-0.25, -0.2) is 0 Å². The fourth-order valence-corrected chi connectivity index (χ4v) is 19.6. The summed E-state index contributed by atoms with van der Waals surface area (Å²) in [5.74, 6) is 3.30. The van der Waals surface area contributed by atoms with Crippen LogP contribution >= 0.6 is 0 Å². The van der Waals surface area contributed by atoms with Gasteiger partial charge in [0, 0.05) is 99.9 Å². The molecule has 0 fully saturated rings. The van der Waals surface area contributed by atoms with Gasteiger partial charge in [-0.3, -0.25) is 0 Å². The van der Waals surface area contributed by atoms with E-state index in [2.05, 4.69) is 389 Å². The highest BCUT2D eigenvalue weighted by Gasteiger charge is 2.39. The maximum atomic E-state index is 7.31. The number of furan rings is 4. The third-order valence-corrected chi connectivity index (χ3v) is 25.6. The van der Waals surface area contributed by atoms with E-state index in [1.165, 1.54) is 66.1 Å². The minimum atomic E-state index is -0.249. The van der Waals surface area contributed by atoms with Crippen LogP contribution in [0.2, 0.25) is 0 Å². The van der Waals surface area contributed by atoms with Crippen molar-refractivity contribution in [3.8, 4) is 89.8 Å². The lowest BCUT2D eigenvalue weighted by atomic mass is 9.81. The maximum absolute atomic E-state index is 7.31. The fourth-order valence-electron chi connectivity index (χ4n) is 19.6. The van der Waals surface area contributed by atoms with Crippen LogP contribution in [0.1, 0.15) is 49.9 Å². The van der Waals surface area contributed by atoms with E-state index in [0.717, 1.165) is 178 Å². The zero-order valence-corrected chi connectivity index (χ0v) is 65.3. The molecule has 0 aliphatic heterocycles. The lowest BCUT2D eigenvalue weighted by molar-refractivity contribution is 0.631. The number of fused-ring (bicyclic) bond motifs is 17. The largest absolute Gasteiger partial charge is 0.456 e. The van der Waals surface area contributed by atoms with E-state index >= 15 is 0 Å². The van der Waals surface area contributed by atoms with Crippen molar-refractivity contribution in [1.29, 1.82) is 0 Å². The molecule has 4 heterocycles. The number of hydrogen-bond donors (Lipinski definition) is 0. The van der Waals surface area contributed by atoms with Gasteiger partial charge >= 0.3 is 0 Å². The van der Waals surface area contributed by atoms with Gasteiger partial charge in [0.15, 0.2) is 0 Å². The Bertz CT molecular complexity index is 7390. The van der Waals surface area contributed by atoms with Crippen LogP contribution in [0.5, 0.6) is 0 Å². The van der Waals surface area contributed by atoms with E-state index in [1.807, 2.05) is 24.3 Å². The van der Waals surface area contributed by atoms with Crippen molar-refractivity contribution in [2.75, 3.05) is 9.80 Å². The summed E-state index contributed by atoms with van der Waals surface area (Å²) in [7, 11) is 0. The Morgan fingerprint density at radius 3 is 0.941 bits per heavy atom. The van der Waals surface area contributed by atoms with Gasteiger partial charge in [-0.2, -0.15) is 0 Å². The molecule has 6 heteroatoms. The number of para-hydroxylation sites is 2. The fraction of sp³-hybridized carbons (Fsp3) is 0.0536. The SMILES string of the molecule is CC1(C)c2cc(N(c3ccc(-c4oc5ccc6c(ccc7oc(-c8ccc(N(c9ccc%10c(c9)C(C)(C)c9cc%11ccccc%11cc9-%10)c9ccc%10cc(-c%11cc%12ccccc%12o%11)ccc%10c9)cc8)c(-c8ccccc8)c76)c5c4-c4ccccc4)cc3)c3ccc4cc(-c5cc6ccccc6o5)ccc4c3)ccc2-c2cc3ccccc3cc21. The second kappa shape index (κ2) is 25.8. The van der Waals surface area contributed by atoms with Gasteiger partial charge in [0.1, 0.15) is 45.4 Å². The standard InChI is InChI=1S/C112H74N2O4/c1-111(2)95-61-73-25-13-11-23-71(73)59-93(95)89-49-47-87(65-97(89)111)113(85-45-39-75-55-81(33-31-77(75)57-85)103-63-79-27-15-17-29-99(79)115-103)83-41-35-69(36-42-83)109-105(67-19-7-5-8-20-67)107-91-52-54-102-108(92(91)51-53-101(107)117-109)106(68-21-9-6-10-22-68)110(118-102)70-37-43-84(44-38-70)114(86-46-40-76-56-82(34-32-78(76)58-86)104-64-80-28-16-18-30-100(80)116-104)88-48-50-90-94-60-72-24-12-14-26-74(72)62-96(94)112(3,4)98(90)66-88/h5-66H,1-4H3. The molecule has 0 saturated heterocycles. The monoisotopic (exact) mass is 1510 g/mol. The van der Waals surface area contributed by atoms with Crippen LogP contribution < -0.4 is 9.80 Å². The molecule has 4 aromatic heterocycles. The average molecular weight is 1510 g/mol. The number of benzene rings is 18. The number of rotatable bonds is 12. The quantitative estimate of drug-likeness (QED) is 0.121. The minimum absolute atomic E-state index is 0.249. The molecule has 2 aliphatic carbocycles. The van der Waals surface area contributed by atoms with E-state index in [-0.39, 0.29) is 10.8 Å². The number of anilines is 6. The van der Waals surface area contributed by atoms with Gasteiger partial charge in [0.25, 0.3) is 0 Å². The molecule has 24 rings (SSSR count). The lowest BCUT2D eigenvalue weighted by Crippen LogP contribution is -2.16. The highest BCUT2D eigenvalue weighted by molar-refractivity contribution is 6.25. The average Bonchev–Trinajstić information content (AvgIpc) is 1.58. The summed E-state index contributed by atoms with van der Waals surface area (Å²) in [4.78, 5) is 4.83. The van der Waals surface area contributed by atoms with E-state index in [9.17, 15) is 0 Å². The summed E-state index contributed by atoms with van der Waals surface area (Å²) in [6, 6.07) is 137. The molecule has 0 atom stereocenters. The van der Waals surface area contributed by atoms with E-state index in [1.54, 1.807) is 0 Å². The normalized spacial score (nSPS) is 13.2. The van der Waals surface area contributed by atoms with Crippen LogP contribution in [0.15, 0.2) is 394 Å². The Morgan fingerprint density at radius 2 is 0.525 bits per heavy atom. The molecule has 18 aromatic carbocycles. The van der Waals surface area contributed by atoms with E-state index in [0.29, 0.717) is 0 Å². The smallest absolute Gasteiger partial charge is 0.143 e. The molecule has 118 heavy (non-hydrogen) atoms. The highest BCUT2D eigenvalue weighted by atomic mass is 16.3. The van der Waals surface area contributed by atoms with Gasteiger partial charge < -0.3 is 27.5 Å². The molecule has 0 amide bonds. The molecule has 0 radical (unpaired) electrons. The molecular weight excluding hydrogens is 1440 g/mol. The summed E-state index contributed by atoms with van der Waals surface area (Å²) in [6.45, 7) is 9.50. The van der Waals surface area contributed by atoms with Crippen LogP contribution in [-0.2, 0) is 10.8 Å². The summed E-state index contributed by atoms with van der Waals surface area (Å²) in [5, 5.41) is 15.9.